The number of alkyl halides is 3. The highest BCUT2D eigenvalue weighted by atomic mass is 19.4. The van der Waals surface area contributed by atoms with E-state index < -0.39 is 17.5 Å². The van der Waals surface area contributed by atoms with Gasteiger partial charge < -0.3 is 9.97 Å². The zero-order valence-corrected chi connectivity index (χ0v) is 14.9. The van der Waals surface area contributed by atoms with Crippen LogP contribution >= 0.6 is 0 Å². The van der Waals surface area contributed by atoms with Crippen LogP contribution in [0.1, 0.15) is 34.0 Å². The van der Waals surface area contributed by atoms with Crippen molar-refractivity contribution in [3.63, 3.8) is 0 Å². The number of H-pyrrole nitrogens is 2. The lowest BCUT2D eigenvalue weighted by Crippen LogP contribution is -2.13. The summed E-state index contributed by atoms with van der Waals surface area (Å²) < 4.78 is 39.6. The second-order valence-corrected chi connectivity index (χ2v) is 6.46. The van der Waals surface area contributed by atoms with Gasteiger partial charge >= 0.3 is 6.18 Å². The Hall–Kier alpha value is -3.35. The number of halogens is 3. The second kappa shape index (κ2) is 6.67. The summed E-state index contributed by atoms with van der Waals surface area (Å²) in [6.45, 7) is 2.06. The molecule has 0 bridgehead atoms. The van der Waals surface area contributed by atoms with Crippen LogP contribution in [0.3, 0.4) is 0 Å². The second-order valence-electron chi connectivity index (χ2n) is 6.46. The SMILES string of the molecule is CCc1ccc2nc(-c3cc(C(=O)c4ccccc4C(F)(F)F)c[nH]3)[nH]c2c1. The Bertz CT molecular complexity index is 1170. The van der Waals surface area contributed by atoms with Gasteiger partial charge in [-0.25, -0.2) is 4.98 Å². The molecule has 0 aliphatic carbocycles. The number of benzene rings is 2. The molecule has 0 aliphatic heterocycles. The van der Waals surface area contributed by atoms with Gasteiger partial charge in [0.25, 0.3) is 0 Å². The average Bonchev–Trinajstić information content (AvgIpc) is 3.33. The van der Waals surface area contributed by atoms with Gasteiger partial charge in [0, 0.05) is 17.3 Å². The van der Waals surface area contributed by atoms with Crippen LogP contribution in [0.5, 0.6) is 0 Å². The van der Waals surface area contributed by atoms with Crippen LogP contribution in [-0.2, 0) is 12.6 Å². The number of aromatic amines is 2. The Morgan fingerprint density at radius 1 is 1.11 bits per heavy atom. The number of ketones is 1. The molecule has 2 heterocycles. The van der Waals surface area contributed by atoms with Crippen molar-refractivity contribution >= 4 is 16.8 Å². The van der Waals surface area contributed by atoms with Crippen LogP contribution in [-0.4, -0.2) is 20.7 Å². The molecule has 0 saturated heterocycles. The molecule has 0 unspecified atom stereocenters. The Kier molecular flexibility index (Phi) is 4.30. The van der Waals surface area contributed by atoms with Crippen LogP contribution in [0.15, 0.2) is 54.7 Å². The van der Waals surface area contributed by atoms with Gasteiger partial charge in [0.05, 0.1) is 22.3 Å². The van der Waals surface area contributed by atoms with Gasteiger partial charge in [-0.15, -0.1) is 0 Å². The minimum atomic E-state index is -4.60. The summed E-state index contributed by atoms with van der Waals surface area (Å²) >= 11 is 0. The van der Waals surface area contributed by atoms with Gasteiger partial charge in [0.2, 0.25) is 0 Å². The first-order valence-corrected chi connectivity index (χ1v) is 8.75. The van der Waals surface area contributed by atoms with Crippen molar-refractivity contribution in [2.75, 3.05) is 0 Å². The Labute approximate surface area is 158 Å². The summed E-state index contributed by atoms with van der Waals surface area (Å²) in [5.74, 6) is -0.175. The maximum atomic E-state index is 13.2. The summed E-state index contributed by atoms with van der Waals surface area (Å²) in [5, 5.41) is 0. The number of nitrogens with zero attached hydrogens (tertiary/aromatic N) is 1. The van der Waals surface area contributed by atoms with E-state index in [0.29, 0.717) is 11.5 Å². The molecule has 4 nitrogen and oxygen atoms in total. The highest BCUT2D eigenvalue weighted by Gasteiger charge is 2.35. The predicted molar refractivity (Wildman–Crippen MR) is 100 cm³/mol. The number of hydrogen-bond donors (Lipinski definition) is 2. The minimum absolute atomic E-state index is 0.140. The summed E-state index contributed by atoms with van der Waals surface area (Å²) in [6, 6.07) is 12.2. The number of nitrogens with one attached hydrogen (secondary N) is 2. The molecule has 0 spiro atoms. The van der Waals surface area contributed by atoms with E-state index >= 15 is 0 Å². The van der Waals surface area contributed by atoms with Gasteiger partial charge in [-0.1, -0.05) is 31.2 Å². The largest absolute Gasteiger partial charge is 0.417 e. The maximum absolute atomic E-state index is 13.2. The van der Waals surface area contributed by atoms with Gasteiger partial charge in [-0.3, -0.25) is 4.79 Å². The molecule has 7 heteroatoms. The van der Waals surface area contributed by atoms with Crippen molar-refractivity contribution in [3.8, 4) is 11.5 Å². The summed E-state index contributed by atoms with van der Waals surface area (Å²) in [4.78, 5) is 23.3. The van der Waals surface area contributed by atoms with Crippen molar-refractivity contribution in [3.05, 3.63) is 77.0 Å². The Morgan fingerprint density at radius 2 is 1.89 bits per heavy atom. The maximum Gasteiger partial charge on any atom is 0.417 e. The molecule has 0 amide bonds. The lowest BCUT2D eigenvalue weighted by molar-refractivity contribution is -0.137. The van der Waals surface area contributed by atoms with Gasteiger partial charge in [0.1, 0.15) is 0 Å². The van der Waals surface area contributed by atoms with E-state index in [2.05, 4.69) is 21.9 Å². The molecular weight excluding hydrogens is 367 g/mol. The third-order valence-electron chi connectivity index (χ3n) is 4.63. The number of carbonyl (C=O) groups is 1. The molecule has 2 aromatic heterocycles. The number of aromatic nitrogens is 3. The standard InChI is InChI=1S/C21H16F3N3O/c1-2-12-7-8-16-17(9-12)27-20(26-16)18-10-13(11-25-18)19(28)14-5-3-4-6-15(14)21(22,23)24/h3-11,25H,2H2,1H3,(H,26,27). The van der Waals surface area contributed by atoms with Gasteiger partial charge in [-0.2, -0.15) is 13.2 Å². The molecule has 142 valence electrons. The molecule has 28 heavy (non-hydrogen) atoms. The smallest absolute Gasteiger partial charge is 0.358 e. The zero-order chi connectivity index (χ0) is 19.9. The topological polar surface area (TPSA) is 61.5 Å². The van der Waals surface area contributed by atoms with Crippen LogP contribution < -0.4 is 0 Å². The first-order chi connectivity index (χ1) is 13.4. The van der Waals surface area contributed by atoms with Crippen LogP contribution in [0.4, 0.5) is 13.2 Å². The van der Waals surface area contributed by atoms with E-state index in [-0.39, 0.29) is 11.1 Å². The lowest BCUT2D eigenvalue weighted by Gasteiger charge is -2.10. The van der Waals surface area contributed by atoms with Gasteiger partial charge in [-0.05, 0) is 36.2 Å². The summed E-state index contributed by atoms with van der Waals surface area (Å²) in [7, 11) is 0. The van der Waals surface area contributed by atoms with E-state index in [0.717, 1.165) is 29.1 Å². The number of hydrogen-bond acceptors (Lipinski definition) is 2. The highest BCUT2D eigenvalue weighted by molar-refractivity contribution is 6.10. The third kappa shape index (κ3) is 3.19. The van der Waals surface area contributed by atoms with E-state index in [9.17, 15) is 18.0 Å². The third-order valence-corrected chi connectivity index (χ3v) is 4.63. The van der Waals surface area contributed by atoms with E-state index in [1.54, 1.807) is 0 Å². The average molecular weight is 383 g/mol. The van der Waals surface area contributed by atoms with E-state index in [4.69, 9.17) is 0 Å². The molecule has 0 radical (unpaired) electrons. The first-order valence-electron chi connectivity index (χ1n) is 8.75. The van der Waals surface area contributed by atoms with Gasteiger partial charge in [0.15, 0.2) is 11.6 Å². The molecule has 4 aromatic rings. The molecule has 0 saturated carbocycles. The normalized spacial score (nSPS) is 11.9. The highest BCUT2D eigenvalue weighted by Crippen LogP contribution is 2.33. The number of fused-ring (bicyclic) bond motifs is 1. The molecule has 0 aliphatic rings. The van der Waals surface area contributed by atoms with Crippen molar-refractivity contribution in [2.24, 2.45) is 0 Å². The number of imidazole rings is 1. The van der Waals surface area contributed by atoms with Crippen LogP contribution in [0.2, 0.25) is 0 Å². The fraction of sp³-hybridized carbons (Fsp3) is 0.143. The van der Waals surface area contributed by atoms with Crippen LogP contribution in [0, 0.1) is 0 Å². The zero-order valence-electron chi connectivity index (χ0n) is 14.9. The van der Waals surface area contributed by atoms with E-state index in [1.807, 2.05) is 18.2 Å². The minimum Gasteiger partial charge on any atom is -0.358 e. The summed E-state index contributed by atoms with van der Waals surface area (Å²) in [6.07, 6.45) is -2.30. The molecule has 2 N–H and O–H groups in total. The predicted octanol–water partition coefficient (Wildman–Crippen LogP) is 5.37. The van der Waals surface area contributed by atoms with Crippen molar-refractivity contribution < 1.29 is 18.0 Å². The quantitative estimate of drug-likeness (QED) is 0.466. The number of aryl methyl sites for hydroxylation is 1. The van der Waals surface area contributed by atoms with Crippen LogP contribution in [0.25, 0.3) is 22.6 Å². The Morgan fingerprint density at radius 3 is 2.64 bits per heavy atom. The first kappa shape index (κ1) is 18.0. The monoisotopic (exact) mass is 383 g/mol. The molecular formula is C21H16F3N3O. The molecule has 0 atom stereocenters. The fourth-order valence-electron chi connectivity index (χ4n) is 3.15. The van der Waals surface area contributed by atoms with Crippen molar-refractivity contribution in [1.82, 2.24) is 15.0 Å². The summed E-state index contributed by atoms with van der Waals surface area (Å²) in [5.41, 5.74) is 2.14. The molecule has 0 fully saturated rings. The molecule has 2 aromatic carbocycles. The number of rotatable bonds is 4. The fourth-order valence-corrected chi connectivity index (χ4v) is 3.15. The van der Waals surface area contributed by atoms with E-state index in [1.165, 1.54) is 30.5 Å². The lowest BCUT2D eigenvalue weighted by atomic mass is 9.99. The Balaban J connectivity index is 1.70. The molecule has 4 rings (SSSR count). The van der Waals surface area contributed by atoms with Crippen molar-refractivity contribution in [2.45, 2.75) is 19.5 Å². The van der Waals surface area contributed by atoms with Crippen molar-refractivity contribution in [1.29, 1.82) is 0 Å². The number of carbonyl (C=O) groups excluding carboxylic acids is 1.